The lowest BCUT2D eigenvalue weighted by molar-refractivity contribution is 0.550. The van der Waals surface area contributed by atoms with Gasteiger partial charge in [-0.25, -0.2) is 4.98 Å². The van der Waals surface area contributed by atoms with Gasteiger partial charge in [0, 0.05) is 19.1 Å². The Balaban J connectivity index is 1.81. The third kappa shape index (κ3) is 1.62. The van der Waals surface area contributed by atoms with Crippen molar-refractivity contribution in [1.29, 1.82) is 0 Å². The van der Waals surface area contributed by atoms with E-state index >= 15 is 0 Å². The molecular formula is C12H18N4. The summed E-state index contributed by atoms with van der Waals surface area (Å²) in [4.78, 5) is 11.3. The van der Waals surface area contributed by atoms with E-state index in [9.17, 15) is 0 Å². The molecule has 1 aliphatic carbocycles. The number of piperidine rings is 1. The highest BCUT2D eigenvalue weighted by Gasteiger charge is 2.38. The van der Waals surface area contributed by atoms with Gasteiger partial charge in [-0.15, -0.1) is 0 Å². The summed E-state index contributed by atoms with van der Waals surface area (Å²) in [5, 5.41) is 3.22. The normalized spacial score (nSPS) is 27.4. The molecule has 2 fully saturated rings. The lowest BCUT2D eigenvalue weighted by atomic mass is 10.1. The van der Waals surface area contributed by atoms with E-state index in [1.807, 2.05) is 6.20 Å². The fourth-order valence-electron chi connectivity index (χ4n) is 2.97. The van der Waals surface area contributed by atoms with Gasteiger partial charge in [-0.1, -0.05) is 0 Å². The molecule has 1 saturated carbocycles. The van der Waals surface area contributed by atoms with Gasteiger partial charge in [0.1, 0.15) is 11.6 Å². The molecule has 1 N–H and O–H groups in total. The molecule has 86 valence electrons. The second kappa shape index (κ2) is 3.92. The quantitative estimate of drug-likeness (QED) is 0.841. The highest BCUT2D eigenvalue weighted by Crippen LogP contribution is 2.39. The zero-order chi connectivity index (χ0) is 11.0. The lowest BCUT2D eigenvalue weighted by Gasteiger charge is -2.27. The average molecular weight is 218 g/mol. The summed E-state index contributed by atoms with van der Waals surface area (Å²) >= 11 is 0. The van der Waals surface area contributed by atoms with E-state index in [1.54, 1.807) is 6.20 Å². The smallest absolute Gasteiger partial charge is 0.149 e. The second-order valence-electron chi connectivity index (χ2n) is 4.78. The van der Waals surface area contributed by atoms with Crippen LogP contribution in [0.15, 0.2) is 12.4 Å². The van der Waals surface area contributed by atoms with E-state index in [1.165, 1.54) is 25.8 Å². The lowest BCUT2D eigenvalue weighted by Crippen LogP contribution is -2.32. The predicted octanol–water partition coefficient (Wildman–Crippen LogP) is 1.90. The molecule has 1 aromatic heterocycles. The maximum Gasteiger partial charge on any atom is 0.149 e. The van der Waals surface area contributed by atoms with E-state index < -0.39 is 0 Å². The largest absolute Gasteiger partial charge is 0.369 e. The van der Waals surface area contributed by atoms with Crippen molar-refractivity contribution in [3.8, 4) is 0 Å². The van der Waals surface area contributed by atoms with Crippen molar-refractivity contribution in [2.24, 2.45) is 5.92 Å². The van der Waals surface area contributed by atoms with Crippen LogP contribution in [0.5, 0.6) is 0 Å². The Morgan fingerprint density at radius 1 is 1.44 bits per heavy atom. The van der Waals surface area contributed by atoms with Gasteiger partial charge in [-0.3, -0.25) is 4.98 Å². The van der Waals surface area contributed by atoms with Crippen molar-refractivity contribution in [3.05, 3.63) is 12.4 Å². The van der Waals surface area contributed by atoms with E-state index in [4.69, 9.17) is 0 Å². The van der Waals surface area contributed by atoms with E-state index in [2.05, 4.69) is 27.1 Å². The Labute approximate surface area is 96.1 Å². The van der Waals surface area contributed by atoms with E-state index in [0.29, 0.717) is 0 Å². The predicted molar refractivity (Wildman–Crippen MR) is 64.7 cm³/mol. The molecule has 2 atom stereocenters. The number of rotatable bonds is 3. The minimum absolute atomic E-state index is 0.719. The average Bonchev–Trinajstić information content (AvgIpc) is 2.91. The summed E-state index contributed by atoms with van der Waals surface area (Å²) in [6.07, 6.45) is 7.77. The molecule has 1 aromatic rings. The summed E-state index contributed by atoms with van der Waals surface area (Å²) < 4.78 is 0. The monoisotopic (exact) mass is 218 g/mol. The van der Waals surface area contributed by atoms with Crippen LogP contribution in [0.1, 0.15) is 26.2 Å². The van der Waals surface area contributed by atoms with Crippen molar-refractivity contribution in [2.45, 2.75) is 32.2 Å². The topological polar surface area (TPSA) is 41.1 Å². The third-order valence-electron chi connectivity index (χ3n) is 3.68. The van der Waals surface area contributed by atoms with E-state index in [-0.39, 0.29) is 0 Å². The highest BCUT2D eigenvalue weighted by molar-refractivity contribution is 5.46. The minimum Gasteiger partial charge on any atom is -0.369 e. The Morgan fingerprint density at radius 2 is 2.38 bits per heavy atom. The Kier molecular flexibility index (Phi) is 2.42. The maximum absolute atomic E-state index is 4.62. The molecular weight excluding hydrogens is 200 g/mol. The summed E-state index contributed by atoms with van der Waals surface area (Å²) in [7, 11) is 0. The number of hydrogen-bond acceptors (Lipinski definition) is 4. The first-order valence-corrected chi connectivity index (χ1v) is 6.19. The summed E-state index contributed by atoms with van der Waals surface area (Å²) in [5.74, 6) is 2.84. The summed E-state index contributed by atoms with van der Waals surface area (Å²) in [5.41, 5.74) is 0. The van der Waals surface area contributed by atoms with Crippen LogP contribution in [-0.2, 0) is 0 Å². The van der Waals surface area contributed by atoms with Gasteiger partial charge >= 0.3 is 0 Å². The highest BCUT2D eigenvalue weighted by atomic mass is 15.3. The third-order valence-corrected chi connectivity index (χ3v) is 3.68. The molecule has 2 heterocycles. The zero-order valence-corrected chi connectivity index (χ0v) is 9.69. The number of nitrogens with one attached hydrogen (secondary N) is 1. The van der Waals surface area contributed by atoms with Crippen LogP contribution in [0.2, 0.25) is 0 Å². The molecule has 4 nitrogen and oxygen atoms in total. The fraction of sp³-hybridized carbons (Fsp3) is 0.667. The van der Waals surface area contributed by atoms with E-state index in [0.717, 1.165) is 30.1 Å². The van der Waals surface area contributed by atoms with Gasteiger partial charge in [-0.2, -0.15) is 0 Å². The van der Waals surface area contributed by atoms with Crippen molar-refractivity contribution >= 4 is 11.6 Å². The molecule has 0 radical (unpaired) electrons. The number of nitrogens with zero attached hydrogens (tertiary/aromatic N) is 3. The summed E-state index contributed by atoms with van der Waals surface area (Å²) in [6, 6.07) is 0.719. The molecule has 2 aliphatic rings. The summed E-state index contributed by atoms with van der Waals surface area (Å²) in [6.45, 7) is 4.14. The first-order chi connectivity index (χ1) is 7.86. The van der Waals surface area contributed by atoms with Gasteiger partial charge in [0.15, 0.2) is 0 Å². The molecule has 2 unspecified atom stereocenters. The standard InChI is InChI=1S/C12H18N4/c1-2-14-11-6-13-7-12(15-11)16-8-9-3-4-10(16)5-9/h6-7,9-10H,2-5,8H2,1H3,(H,14,15). The molecule has 0 aromatic carbocycles. The van der Waals surface area contributed by atoms with Gasteiger partial charge in [0.05, 0.1) is 12.4 Å². The van der Waals surface area contributed by atoms with Crippen LogP contribution >= 0.6 is 0 Å². The molecule has 16 heavy (non-hydrogen) atoms. The minimum atomic E-state index is 0.719. The van der Waals surface area contributed by atoms with Crippen molar-refractivity contribution in [1.82, 2.24) is 9.97 Å². The van der Waals surface area contributed by atoms with Gasteiger partial charge < -0.3 is 10.2 Å². The Bertz CT molecular complexity index is 379. The molecule has 0 spiro atoms. The number of hydrogen-bond donors (Lipinski definition) is 1. The van der Waals surface area contributed by atoms with Crippen molar-refractivity contribution < 1.29 is 0 Å². The molecule has 2 bridgehead atoms. The molecule has 4 heteroatoms. The fourth-order valence-corrected chi connectivity index (χ4v) is 2.97. The number of fused-ring (bicyclic) bond motifs is 2. The first kappa shape index (κ1) is 9.87. The van der Waals surface area contributed by atoms with Crippen LogP contribution in [0, 0.1) is 5.92 Å². The molecule has 0 amide bonds. The molecule has 1 saturated heterocycles. The van der Waals surface area contributed by atoms with Gasteiger partial charge in [0.2, 0.25) is 0 Å². The SMILES string of the molecule is CCNc1cncc(N2CC3CCC2C3)n1. The molecule has 1 aliphatic heterocycles. The van der Waals surface area contributed by atoms with Crippen LogP contribution < -0.4 is 10.2 Å². The number of aromatic nitrogens is 2. The maximum atomic E-state index is 4.62. The van der Waals surface area contributed by atoms with Crippen molar-refractivity contribution in [3.63, 3.8) is 0 Å². The Hall–Kier alpha value is -1.32. The zero-order valence-electron chi connectivity index (χ0n) is 9.69. The van der Waals surface area contributed by atoms with Crippen molar-refractivity contribution in [2.75, 3.05) is 23.3 Å². The van der Waals surface area contributed by atoms with Gasteiger partial charge in [0.25, 0.3) is 0 Å². The number of anilines is 2. The van der Waals surface area contributed by atoms with Gasteiger partial charge in [-0.05, 0) is 32.1 Å². The van der Waals surface area contributed by atoms with Crippen LogP contribution in [0.3, 0.4) is 0 Å². The van der Waals surface area contributed by atoms with Crippen LogP contribution in [0.4, 0.5) is 11.6 Å². The van der Waals surface area contributed by atoms with Crippen LogP contribution in [0.25, 0.3) is 0 Å². The Morgan fingerprint density at radius 3 is 3.06 bits per heavy atom. The van der Waals surface area contributed by atoms with Crippen LogP contribution in [-0.4, -0.2) is 29.1 Å². The molecule has 3 rings (SSSR count). The first-order valence-electron chi connectivity index (χ1n) is 6.19. The second-order valence-corrected chi connectivity index (χ2v) is 4.78.